The minimum Gasteiger partial charge on any atom is -0.467 e. The molecule has 1 aliphatic rings. The predicted octanol–water partition coefficient (Wildman–Crippen LogP) is 1.44. The fraction of sp³-hybridized carbons (Fsp3) is 0.467. The number of carbonyl (C=O) groups excluding carboxylic acids is 2. The Labute approximate surface area is 130 Å². The Morgan fingerprint density at radius 2 is 1.95 bits per heavy atom. The number of nitrogens with one attached hydrogen (secondary N) is 2. The van der Waals surface area contributed by atoms with Gasteiger partial charge in [0.1, 0.15) is 0 Å². The van der Waals surface area contributed by atoms with Crippen LogP contribution in [0.5, 0.6) is 0 Å². The van der Waals surface area contributed by atoms with Crippen LogP contribution in [0.15, 0.2) is 30.3 Å². The minimum absolute atomic E-state index is 0. The molecule has 1 unspecified atom stereocenters. The highest BCUT2D eigenvalue weighted by Crippen LogP contribution is 2.27. The Morgan fingerprint density at radius 3 is 2.52 bits per heavy atom. The maximum Gasteiger partial charge on any atom is 0.333 e. The summed E-state index contributed by atoms with van der Waals surface area (Å²) in [5, 5.41) is 5.80. The van der Waals surface area contributed by atoms with Crippen LogP contribution in [0.1, 0.15) is 24.4 Å². The summed E-state index contributed by atoms with van der Waals surface area (Å²) in [6, 6.07) is 8.33. The van der Waals surface area contributed by atoms with Crippen molar-refractivity contribution in [2.75, 3.05) is 20.2 Å². The van der Waals surface area contributed by atoms with Crippen LogP contribution < -0.4 is 10.6 Å². The van der Waals surface area contributed by atoms with Gasteiger partial charge in [0.15, 0.2) is 6.04 Å². The van der Waals surface area contributed by atoms with Crippen LogP contribution in [0.4, 0.5) is 0 Å². The number of esters is 1. The fourth-order valence-corrected chi connectivity index (χ4v) is 1.97. The Balaban J connectivity index is 0.00000220. The summed E-state index contributed by atoms with van der Waals surface area (Å²) in [4.78, 5) is 23.7. The molecule has 0 spiro atoms. The number of benzene rings is 1. The number of amides is 1. The van der Waals surface area contributed by atoms with Crippen molar-refractivity contribution in [3.63, 3.8) is 0 Å². The van der Waals surface area contributed by atoms with E-state index in [1.165, 1.54) is 20.0 Å². The molecule has 0 radical (unpaired) electrons. The summed E-state index contributed by atoms with van der Waals surface area (Å²) < 4.78 is 4.75. The number of hydrogen-bond acceptors (Lipinski definition) is 4. The summed E-state index contributed by atoms with van der Waals surface area (Å²) in [5.41, 5.74) is 0.717. The number of carbonyl (C=O) groups is 2. The van der Waals surface area contributed by atoms with E-state index in [4.69, 9.17) is 4.74 Å². The van der Waals surface area contributed by atoms with Crippen molar-refractivity contribution in [2.24, 2.45) is 5.92 Å². The van der Waals surface area contributed by atoms with Crippen LogP contribution >= 0.6 is 12.4 Å². The first kappa shape index (κ1) is 17.5. The molecule has 21 heavy (non-hydrogen) atoms. The molecule has 1 amide bonds. The van der Waals surface area contributed by atoms with Crippen molar-refractivity contribution in [2.45, 2.75) is 18.9 Å². The lowest BCUT2D eigenvalue weighted by molar-refractivity contribution is -0.145. The third kappa shape index (κ3) is 5.73. The Bertz CT molecular complexity index is 463. The number of rotatable bonds is 7. The first-order chi connectivity index (χ1) is 9.70. The van der Waals surface area contributed by atoms with Crippen LogP contribution in [0.2, 0.25) is 0 Å². The lowest BCUT2D eigenvalue weighted by Crippen LogP contribution is -2.40. The molecule has 0 saturated heterocycles. The van der Waals surface area contributed by atoms with Gasteiger partial charge in [-0.2, -0.15) is 0 Å². The third-order valence-electron chi connectivity index (χ3n) is 3.29. The van der Waals surface area contributed by atoms with Crippen LogP contribution in [-0.4, -0.2) is 32.1 Å². The van der Waals surface area contributed by atoms with E-state index >= 15 is 0 Å². The van der Waals surface area contributed by atoms with Gasteiger partial charge in [-0.1, -0.05) is 30.3 Å². The van der Waals surface area contributed by atoms with E-state index < -0.39 is 12.0 Å². The van der Waals surface area contributed by atoms with E-state index in [1.54, 1.807) is 12.1 Å². The molecule has 1 saturated carbocycles. The second kappa shape index (κ2) is 8.64. The molecular weight excluding hydrogens is 292 g/mol. The molecule has 0 aliphatic heterocycles. The maximum atomic E-state index is 11.9. The van der Waals surface area contributed by atoms with E-state index in [9.17, 15) is 9.59 Å². The maximum absolute atomic E-state index is 11.9. The second-order valence-corrected chi connectivity index (χ2v) is 5.01. The first-order valence-electron chi connectivity index (χ1n) is 6.83. The van der Waals surface area contributed by atoms with Gasteiger partial charge in [-0.3, -0.25) is 4.79 Å². The van der Waals surface area contributed by atoms with E-state index in [0.29, 0.717) is 5.92 Å². The highest BCUT2D eigenvalue weighted by molar-refractivity contribution is 5.86. The second-order valence-electron chi connectivity index (χ2n) is 5.01. The van der Waals surface area contributed by atoms with Gasteiger partial charge in [-0.25, -0.2) is 4.79 Å². The molecule has 0 bridgehead atoms. The summed E-state index contributed by atoms with van der Waals surface area (Å²) >= 11 is 0. The molecule has 1 fully saturated rings. The Morgan fingerprint density at radius 1 is 1.29 bits per heavy atom. The molecule has 2 N–H and O–H groups in total. The van der Waals surface area contributed by atoms with Crippen molar-refractivity contribution in [3.8, 4) is 0 Å². The average Bonchev–Trinajstić information content (AvgIpc) is 3.29. The number of ether oxygens (including phenoxy) is 1. The zero-order valence-electron chi connectivity index (χ0n) is 12.0. The van der Waals surface area contributed by atoms with E-state index in [-0.39, 0.29) is 24.9 Å². The molecule has 116 valence electrons. The zero-order chi connectivity index (χ0) is 14.4. The lowest BCUT2D eigenvalue weighted by atomic mass is 10.1. The van der Waals surface area contributed by atoms with E-state index in [1.807, 2.05) is 18.2 Å². The molecule has 5 nitrogen and oxygen atoms in total. The molecule has 1 atom stereocenters. The molecule has 1 aliphatic carbocycles. The smallest absolute Gasteiger partial charge is 0.333 e. The third-order valence-corrected chi connectivity index (χ3v) is 3.29. The summed E-state index contributed by atoms with van der Waals surface area (Å²) in [6.45, 7) is 1.08. The van der Waals surface area contributed by atoms with Crippen LogP contribution in [0.3, 0.4) is 0 Å². The highest BCUT2D eigenvalue weighted by Gasteiger charge is 2.24. The molecular formula is C15H21ClN2O3. The van der Waals surface area contributed by atoms with Crippen molar-refractivity contribution < 1.29 is 14.3 Å². The normalized spacial score (nSPS) is 14.7. The summed E-state index contributed by atoms with van der Waals surface area (Å²) in [6.07, 6.45) is 2.48. The van der Waals surface area contributed by atoms with Crippen LogP contribution in [0.25, 0.3) is 0 Å². The van der Waals surface area contributed by atoms with Gasteiger partial charge in [0.2, 0.25) is 5.91 Å². The standard InChI is InChI=1S/C15H20N2O3.ClH/c1-20-15(19)14(12-5-3-2-4-6-12)17-13(18)10-16-9-11-7-8-11;/h2-6,11,14,16H,7-10H2,1H3,(H,17,18);1H. The van der Waals surface area contributed by atoms with Crippen molar-refractivity contribution in [3.05, 3.63) is 35.9 Å². The van der Waals surface area contributed by atoms with Crippen molar-refractivity contribution in [1.82, 2.24) is 10.6 Å². The van der Waals surface area contributed by atoms with Gasteiger partial charge < -0.3 is 15.4 Å². The van der Waals surface area contributed by atoms with Gasteiger partial charge in [0.25, 0.3) is 0 Å². The Kier molecular flexibility index (Phi) is 7.19. The summed E-state index contributed by atoms with van der Waals surface area (Å²) in [7, 11) is 1.32. The van der Waals surface area contributed by atoms with Crippen LogP contribution in [0, 0.1) is 5.92 Å². The first-order valence-corrected chi connectivity index (χ1v) is 6.83. The van der Waals surface area contributed by atoms with Gasteiger partial charge >= 0.3 is 5.97 Å². The zero-order valence-corrected chi connectivity index (χ0v) is 12.8. The largest absolute Gasteiger partial charge is 0.467 e. The van der Waals surface area contributed by atoms with Gasteiger partial charge in [0, 0.05) is 0 Å². The van der Waals surface area contributed by atoms with Gasteiger partial charge in [-0.05, 0) is 30.9 Å². The van der Waals surface area contributed by atoms with Crippen LogP contribution in [-0.2, 0) is 14.3 Å². The topological polar surface area (TPSA) is 67.4 Å². The monoisotopic (exact) mass is 312 g/mol. The molecule has 0 heterocycles. The molecule has 6 heteroatoms. The van der Waals surface area contributed by atoms with Crippen molar-refractivity contribution in [1.29, 1.82) is 0 Å². The summed E-state index contributed by atoms with van der Waals surface area (Å²) in [5.74, 6) is 0.0463. The molecule has 2 rings (SSSR count). The molecule has 0 aromatic heterocycles. The molecule has 1 aromatic rings. The van der Waals surface area contributed by atoms with Gasteiger partial charge in [0.05, 0.1) is 13.7 Å². The van der Waals surface area contributed by atoms with E-state index in [2.05, 4.69) is 10.6 Å². The predicted molar refractivity (Wildman–Crippen MR) is 82.2 cm³/mol. The lowest BCUT2D eigenvalue weighted by Gasteiger charge is -2.17. The van der Waals surface area contributed by atoms with Crippen molar-refractivity contribution >= 4 is 24.3 Å². The number of hydrogen-bond donors (Lipinski definition) is 2. The Hall–Kier alpha value is -1.59. The number of halogens is 1. The van der Waals surface area contributed by atoms with E-state index in [0.717, 1.165) is 12.1 Å². The highest BCUT2D eigenvalue weighted by atomic mass is 35.5. The number of methoxy groups -OCH3 is 1. The quantitative estimate of drug-likeness (QED) is 0.748. The average molecular weight is 313 g/mol. The minimum atomic E-state index is -0.753. The van der Waals surface area contributed by atoms with Gasteiger partial charge in [-0.15, -0.1) is 12.4 Å². The fourth-order valence-electron chi connectivity index (χ4n) is 1.97. The SMILES string of the molecule is COC(=O)C(NC(=O)CNCC1CC1)c1ccccc1.Cl. The molecule has 1 aromatic carbocycles.